The smallest absolute Gasteiger partial charge is 0.322 e. The number of ether oxygens (including phenoxy) is 1. The van der Waals surface area contributed by atoms with Crippen LogP contribution in [0.2, 0.25) is 0 Å². The number of hydrogen-bond donors (Lipinski definition) is 1. The van der Waals surface area contributed by atoms with Gasteiger partial charge in [0.05, 0.1) is 12.4 Å². The van der Waals surface area contributed by atoms with Gasteiger partial charge in [0.2, 0.25) is 0 Å². The Morgan fingerprint density at radius 2 is 1.63 bits per heavy atom. The first-order valence-corrected chi connectivity index (χ1v) is 5.59. The fourth-order valence-corrected chi connectivity index (χ4v) is 1.74. The van der Waals surface area contributed by atoms with Crippen molar-refractivity contribution < 1.29 is 14.2 Å². The highest BCUT2D eigenvalue weighted by atomic mass is 19.1. The normalized spacial score (nSPS) is 10.6. The molecule has 0 atom stereocenters. The van der Waals surface area contributed by atoms with Gasteiger partial charge in [-0.3, -0.25) is 0 Å². The first-order chi connectivity index (χ1) is 9.22. The van der Waals surface area contributed by atoms with E-state index in [-0.39, 0.29) is 17.5 Å². The van der Waals surface area contributed by atoms with Gasteiger partial charge >= 0.3 is 6.01 Å². The number of benzene rings is 2. The summed E-state index contributed by atoms with van der Waals surface area (Å²) in [5, 5.41) is 11.7. The molecule has 0 saturated carbocycles. The van der Waals surface area contributed by atoms with Gasteiger partial charge in [0.1, 0.15) is 0 Å². The molecule has 2 aromatic carbocycles. The summed E-state index contributed by atoms with van der Waals surface area (Å²) in [5.74, 6) is -0.341. The van der Waals surface area contributed by atoms with Crippen molar-refractivity contribution in [1.29, 1.82) is 0 Å². The predicted molar refractivity (Wildman–Crippen MR) is 67.7 cm³/mol. The molecule has 3 rings (SSSR count). The van der Waals surface area contributed by atoms with E-state index >= 15 is 0 Å². The van der Waals surface area contributed by atoms with Crippen LogP contribution in [0.1, 0.15) is 0 Å². The molecule has 19 heavy (non-hydrogen) atoms. The highest BCUT2D eigenvalue weighted by Crippen LogP contribution is 2.33. The molecule has 3 aromatic rings. The Hall–Kier alpha value is -2.69. The Morgan fingerprint density at radius 1 is 1.00 bits per heavy atom. The molecule has 0 bridgehead atoms. The van der Waals surface area contributed by atoms with Crippen molar-refractivity contribution >= 4 is 10.8 Å². The third-order valence-electron chi connectivity index (χ3n) is 2.63. The van der Waals surface area contributed by atoms with Gasteiger partial charge in [-0.1, -0.05) is 24.3 Å². The van der Waals surface area contributed by atoms with Crippen LogP contribution in [0.25, 0.3) is 10.8 Å². The van der Waals surface area contributed by atoms with E-state index in [4.69, 9.17) is 4.74 Å². The number of halogens is 1. The molecule has 0 amide bonds. The van der Waals surface area contributed by atoms with Crippen LogP contribution in [0.4, 0.5) is 4.39 Å². The molecule has 0 aliphatic heterocycles. The minimum Gasteiger partial charge on any atom is -0.504 e. The zero-order chi connectivity index (χ0) is 13.2. The number of aromatic hydroxyl groups is 1. The van der Waals surface area contributed by atoms with Crippen molar-refractivity contribution in [3.05, 3.63) is 54.6 Å². The maximum absolute atomic E-state index is 12.7. The van der Waals surface area contributed by atoms with Crippen molar-refractivity contribution in [1.82, 2.24) is 9.97 Å². The highest BCUT2D eigenvalue weighted by molar-refractivity contribution is 5.85. The average molecular weight is 256 g/mol. The van der Waals surface area contributed by atoms with Gasteiger partial charge in [0.15, 0.2) is 17.3 Å². The summed E-state index contributed by atoms with van der Waals surface area (Å²) < 4.78 is 18.0. The van der Waals surface area contributed by atoms with Gasteiger partial charge in [0.25, 0.3) is 0 Å². The standard InChI is InChI=1S/C14H9FN2O2/c15-11-7-16-14(17-8-11)19-13-6-10-4-2-1-3-9(10)5-12(13)18/h1-8,18H. The van der Waals surface area contributed by atoms with Crippen LogP contribution in [-0.2, 0) is 0 Å². The molecule has 1 aromatic heterocycles. The molecule has 0 spiro atoms. The Morgan fingerprint density at radius 3 is 2.32 bits per heavy atom. The molecule has 0 unspecified atom stereocenters. The van der Waals surface area contributed by atoms with Crippen LogP contribution in [0, 0.1) is 5.82 Å². The maximum atomic E-state index is 12.7. The summed E-state index contributed by atoms with van der Waals surface area (Å²) in [6.45, 7) is 0. The monoisotopic (exact) mass is 256 g/mol. The number of fused-ring (bicyclic) bond motifs is 1. The van der Waals surface area contributed by atoms with Gasteiger partial charge in [-0.2, -0.15) is 0 Å². The first-order valence-electron chi connectivity index (χ1n) is 5.59. The average Bonchev–Trinajstić information content (AvgIpc) is 2.42. The second kappa shape index (κ2) is 4.53. The Bertz CT molecular complexity index is 729. The summed E-state index contributed by atoms with van der Waals surface area (Å²) in [7, 11) is 0. The summed E-state index contributed by atoms with van der Waals surface area (Å²) in [5.41, 5.74) is 0. The highest BCUT2D eigenvalue weighted by Gasteiger charge is 2.08. The largest absolute Gasteiger partial charge is 0.504 e. The number of phenolic OH excluding ortho intramolecular Hbond substituents is 1. The lowest BCUT2D eigenvalue weighted by Crippen LogP contribution is -1.92. The van der Waals surface area contributed by atoms with Crippen LogP contribution in [0.3, 0.4) is 0 Å². The molecule has 0 radical (unpaired) electrons. The summed E-state index contributed by atoms with van der Waals surface area (Å²) in [6, 6.07) is 10.8. The lowest BCUT2D eigenvalue weighted by Gasteiger charge is -2.07. The van der Waals surface area contributed by atoms with Crippen LogP contribution < -0.4 is 4.74 Å². The van der Waals surface area contributed by atoms with E-state index in [9.17, 15) is 9.50 Å². The van der Waals surface area contributed by atoms with Gasteiger partial charge in [0, 0.05) is 0 Å². The van der Waals surface area contributed by atoms with E-state index in [0.29, 0.717) is 0 Å². The van der Waals surface area contributed by atoms with Crippen molar-refractivity contribution in [2.75, 3.05) is 0 Å². The Kier molecular flexibility index (Phi) is 2.72. The third kappa shape index (κ3) is 2.30. The Balaban J connectivity index is 2.00. The summed E-state index contributed by atoms with van der Waals surface area (Å²) in [4.78, 5) is 7.35. The first kappa shape index (κ1) is 11.4. The van der Waals surface area contributed by atoms with E-state index < -0.39 is 5.82 Å². The quantitative estimate of drug-likeness (QED) is 0.764. The molecule has 4 nitrogen and oxygen atoms in total. The lowest BCUT2D eigenvalue weighted by atomic mass is 10.1. The molecule has 0 aliphatic carbocycles. The SMILES string of the molecule is Oc1cc2ccccc2cc1Oc1ncc(F)cn1. The third-order valence-corrected chi connectivity index (χ3v) is 2.63. The molecular weight excluding hydrogens is 247 g/mol. The zero-order valence-electron chi connectivity index (χ0n) is 9.75. The topological polar surface area (TPSA) is 55.2 Å². The molecule has 1 heterocycles. The predicted octanol–water partition coefficient (Wildman–Crippen LogP) is 3.27. The van der Waals surface area contributed by atoms with Gasteiger partial charge < -0.3 is 9.84 Å². The zero-order valence-corrected chi connectivity index (χ0v) is 9.75. The number of nitrogens with zero attached hydrogens (tertiary/aromatic N) is 2. The van der Waals surface area contributed by atoms with E-state index in [1.54, 1.807) is 12.1 Å². The summed E-state index contributed by atoms with van der Waals surface area (Å²) in [6.07, 6.45) is 2.00. The molecule has 0 aliphatic rings. The minimum atomic E-state index is -0.546. The lowest BCUT2D eigenvalue weighted by molar-refractivity contribution is 0.391. The molecule has 1 N–H and O–H groups in total. The molecule has 94 valence electrons. The van der Waals surface area contributed by atoms with Gasteiger partial charge in [-0.15, -0.1) is 0 Å². The van der Waals surface area contributed by atoms with Crippen molar-refractivity contribution in [3.8, 4) is 17.5 Å². The van der Waals surface area contributed by atoms with E-state index in [0.717, 1.165) is 23.2 Å². The van der Waals surface area contributed by atoms with E-state index in [2.05, 4.69) is 9.97 Å². The summed E-state index contributed by atoms with van der Waals surface area (Å²) >= 11 is 0. The molecule has 5 heteroatoms. The molecule has 0 fully saturated rings. The van der Waals surface area contributed by atoms with E-state index in [1.165, 1.54) is 0 Å². The van der Waals surface area contributed by atoms with Gasteiger partial charge in [-0.25, -0.2) is 14.4 Å². The molecular formula is C14H9FN2O2. The fourth-order valence-electron chi connectivity index (χ4n) is 1.74. The molecule has 0 saturated heterocycles. The van der Waals surface area contributed by atoms with Crippen LogP contribution >= 0.6 is 0 Å². The van der Waals surface area contributed by atoms with Crippen LogP contribution in [0.5, 0.6) is 17.5 Å². The van der Waals surface area contributed by atoms with Crippen LogP contribution in [-0.4, -0.2) is 15.1 Å². The second-order valence-electron chi connectivity index (χ2n) is 3.95. The fraction of sp³-hybridized carbons (Fsp3) is 0. The number of phenols is 1. The second-order valence-corrected chi connectivity index (χ2v) is 3.95. The van der Waals surface area contributed by atoms with Crippen molar-refractivity contribution in [2.45, 2.75) is 0 Å². The van der Waals surface area contributed by atoms with Crippen molar-refractivity contribution in [3.63, 3.8) is 0 Å². The minimum absolute atomic E-state index is 0.0213. The van der Waals surface area contributed by atoms with Gasteiger partial charge in [-0.05, 0) is 22.9 Å². The maximum Gasteiger partial charge on any atom is 0.322 e. The number of rotatable bonds is 2. The Labute approximate surface area is 108 Å². The van der Waals surface area contributed by atoms with Crippen molar-refractivity contribution in [2.24, 2.45) is 0 Å². The number of aromatic nitrogens is 2. The van der Waals surface area contributed by atoms with Crippen LogP contribution in [0.15, 0.2) is 48.8 Å². The van der Waals surface area contributed by atoms with E-state index in [1.807, 2.05) is 24.3 Å². The number of hydrogen-bond acceptors (Lipinski definition) is 4.